The maximum atomic E-state index is 2.48. The van der Waals surface area contributed by atoms with Crippen LogP contribution >= 0.6 is 0 Å². The van der Waals surface area contributed by atoms with Gasteiger partial charge in [-0.25, -0.2) is 0 Å². The third-order valence-corrected chi connectivity index (χ3v) is 8.37. The highest BCUT2D eigenvalue weighted by atomic mass is 15.0. The predicted molar refractivity (Wildman–Crippen MR) is 174 cm³/mol. The van der Waals surface area contributed by atoms with Crippen LogP contribution in [0.4, 0.5) is 0 Å². The fourth-order valence-corrected chi connectivity index (χ4v) is 6.41. The second kappa shape index (κ2) is 10.2. The minimum Gasteiger partial charge on any atom is -0.344 e. The van der Waals surface area contributed by atoms with Gasteiger partial charge in [0, 0.05) is 57.1 Å². The molecule has 4 aromatic carbocycles. The first-order valence-electron chi connectivity index (χ1n) is 14.5. The van der Waals surface area contributed by atoms with E-state index in [-0.39, 0.29) is 0 Å². The Balaban J connectivity index is 1.11. The summed E-state index contributed by atoms with van der Waals surface area (Å²) >= 11 is 0. The minimum absolute atomic E-state index is 0.973. The van der Waals surface area contributed by atoms with Crippen molar-refractivity contribution >= 4 is 63.1 Å². The Kier molecular flexibility index (Phi) is 6.24. The summed E-state index contributed by atoms with van der Waals surface area (Å²) in [7, 11) is 0. The van der Waals surface area contributed by atoms with Gasteiger partial charge in [-0.2, -0.15) is 0 Å². The second-order valence-corrected chi connectivity index (χ2v) is 10.7. The summed E-state index contributed by atoms with van der Waals surface area (Å²) in [4.78, 5) is 0. The van der Waals surface area contributed by atoms with E-state index in [2.05, 4.69) is 144 Å². The van der Waals surface area contributed by atoms with Crippen molar-refractivity contribution in [3.8, 4) is 0 Å². The van der Waals surface area contributed by atoms with Crippen LogP contribution in [-0.2, 0) is 19.5 Å². The highest BCUT2D eigenvalue weighted by Gasteiger charge is 2.16. The van der Waals surface area contributed by atoms with Crippen molar-refractivity contribution < 1.29 is 0 Å². The predicted octanol–water partition coefficient (Wildman–Crippen LogP) is 10.1. The van der Waals surface area contributed by atoms with Crippen molar-refractivity contribution in [3.05, 3.63) is 125 Å². The first-order valence-corrected chi connectivity index (χ1v) is 14.5. The zero-order chi connectivity index (χ0) is 27.1. The molecule has 0 aliphatic heterocycles. The zero-order valence-electron chi connectivity index (χ0n) is 23.3. The van der Waals surface area contributed by atoms with Crippen molar-refractivity contribution in [3.63, 3.8) is 0 Å². The van der Waals surface area contributed by atoms with Crippen molar-refractivity contribution in [1.82, 2.24) is 9.13 Å². The van der Waals surface area contributed by atoms with Gasteiger partial charge in [0.15, 0.2) is 0 Å². The summed E-state index contributed by atoms with van der Waals surface area (Å²) in [5.41, 5.74) is 11.7. The highest BCUT2D eigenvalue weighted by Crippen LogP contribution is 2.33. The molecule has 0 bridgehead atoms. The van der Waals surface area contributed by atoms with Crippen LogP contribution < -0.4 is 0 Å². The smallest absolute Gasteiger partial charge is 0.0491 e. The Morgan fingerprint density at radius 2 is 1.12 bits per heavy atom. The Morgan fingerprint density at radius 3 is 1.80 bits per heavy atom. The number of fused-ring (bicyclic) bond motifs is 6. The average molecular weight is 519 g/mol. The number of aromatic nitrogens is 2. The van der Waals surface area contributed by atoms with E-state index in [1.165, 1.54) is 66.2 Å². The molecule has 2 heterocycles. The zero-order valence-corrected chi connectivity index (χ0v) is 23.3. The molecule has 7 rings (SSSR count). The van der Waals surface area contributed by atoms with Gasteiger partial charge < -0.3 is 9.13 Å². The second-order valence-electron chi connectivity index (χ2n) is 10.7. The van der Waals surface area contributed by atoms with Gasteiger partial charge in [-0.05, 0) is 79.3 Å². The average Bonchev–Trinajstić information content (AvgIpc) is 3.51. The number of para-hydroxylation sites is 1. The van der Waals surface area contributed by atoms with Gasteiger partial charge in [-0.1, -0.05) is 91.1 Å². The lowest BCUT2D eigenvalue weighted by atomic mass is 10.0. The molecule has 0 N–H and O–H groups in total. The van der Waals surface area contributed by atoms with Gasteiger partial charge in [0.05, 0.1) is 0 Å². The molecule has 6 aromatic rings. The summed E-state index contributed by atoms with van der Waals surface area (Å²) in [5.74, 6) is 0. The number of aryl methyl sites for hydroxylation is 2. The van der Waals surface area contributed by atoms with Crippen LogP contribution in [0, 0.1) is 0 Å². The molecule has 0 saturated heterocycles. The maximum absolute atomic E-state index is 2.48. The van der Waals surface area contributed by atoms with Crippen LogP contribution in [0.25, 0.3) is 63.1 Å². The van der Waals surface area contributed by atoms with E-state index in [1.54, 1.807) is 0 Å². The quantitative estimate of drug-likeness (QED) is 0.194. The van der Waals surface area contributed by atoms with E-state index >= 15 is 0 Å². The van der Waals surface area contributed by atoms with Gasteiger partial charge in [-0.3, -0.25) is 0 Å². The normalized spacial score (nSPS) is 13.4. The molecular formula is C38H34N2. The fourth-order valence-electron chi connectivity index (χ4n) is 6.41. The topological polar surface area (TPSA) is 9.86 Å². The van der Waals surface area contributed by atoms with E-state index in [0.29, 0.717) is 0 Å². The molecule has 2 heteroatoms. The molecule has 0 fully saturated rings. The maximum Gasteiger partial charge on any atom is 0.0491 e. The van der Waals surface area contributed by atoms with E-state index < -0.39 is 0 Å². The first kappa shape index (κ1) is 24.5. The van der Waals surface area contributed by atoms with Gasteiger partial charge in [0.25, 0.3) is 0 Å². The minimum atomic E-state index is 0.973. The Labute approximate surface area is 236 Å². The molecule has 2 aromatic heterocycles. The van der Waals surface area contributed by atoms with E-state index in [1.807, 2.05) is 0 Å². The fraction of sp³-hybridized carbons (Fsp3) is 0.158. The summed E-state index contributed by atoms with van der Waals surface area (Å²) in [6.07, 6.45) is 15.8. The van der Waals surface area contributed by atoms with Crippen molar-refractivity contribution in [2.24, 2.45) is 0 Å². The molecule has 2 nitrogen and oxygen atoms in total. The molecule has 0 spiro atoms. The number of hydrogen-bond donors (Lipinski definition) is 0. The summed E-state index contributed by atoms with van der Waals surface area (Å²) < 4.78 is 4.88. The van der Waals surface area contributed by atoms with Crippen molar-refractivity contribution in [1.29, 1.82) is 0 Å². The number of nitrogens with zero attached hydrogens (tertiary/aromatic N) is 2. The Hall–Kier alpha value is -4.56. The molecule has 0 unspecified atom stereocenters. The number of hydrogen-bond acceptors (Lipinski definition) is 0. The van der Waals surface area contributed by atoms with Crippen LogP contribution in [-0.4, -0.2) is 9.13 Å². The number of benzene rings is 4. The van der Waals surface area contributed by atoms with Crippen LogP contribution in [0.5, 0.6) is 0 Å². The standard InChI is InChI=1S/C38H34N2/c1-3-39-35-11-7-5-9-31(35)33-25-29(21-23-37(33)39)19-17-27-13-15-28(16-14-27)18-20-30-22-24-38-34(26-30)32-10-6-8-12-36(32)40(38)4-2/h5-7,9-11,13-26H,3-4,8,12H2,1-2H3/b19-17+,20-18+. The van der Waals surface area contributed by atoms with E-state index in [4.69, 9.17) is 0 Å². The molecular weight excluding hydrogens is 484 g/mol. The number of rotatable bonds is 6. The molecule has 0 amide bonds. The van der Waals surface area contributed by atoms with Crippen LogP contribution in [0.15, 0.2) is 91.0 Å². The van der Waals surface area contributed by atoms with Gasteiger partial charge >= 0.3 is 0 Å². The van der Waals surface area contributed by atoms with Gasteiger partial charge in [-0.15, -0.1) is 0 Å². The van der Waals surface area contributed by atoms with Crippen LogP contribution in [0.2, 0.25) is 0 Å². The lowest BCUT2D eigenvalue weighted by Gasteiger charge is -2.10. The van der Waals surface area contributed by atoms with E-state index in [9.17, 15) is 0 Å². The first-order chi connectivity index (χ1) is 19.7. The van der Waals surface area contributed by atoms with Crippen molar-refractivity contribution in [2.45, 2.75) is 39.8 Å². The molecule has 40 heavy (non-hydrogen) atoms. The lowest BCUT2D eigenvalue weighted by molar-refractivity contribution is 0.729. The van der Waals surface area contributed by atoms with Crippen LogP contribution in [0.1, 0.15) is 53.8 Å². The summed E-state index contributed by atoms with van der Waals surface area (Å²) in [5, 5.41) is 4.01. The summed E-state index contributed by atoms with van der Waals surface area (Å²) in [6, 6.07) is 31.2. The molecule has 0 saturated carbocycles. The lowest BCUT2D eigenvalue weighted by Crippen LogP contribution is -2.02. The molecule has 1 aliphatic carbocycles. The van der Waals surface area contributed by atoms with Crippen molar-refractivity contribution in [2.75, 3.05) is 0 Å². The SMILES string of the molecule is CCn1c2c(c3cc(/C=C/c4ccc(/C=C/c5ccc6c(c5)c5ccccc5n6CC)cc4)ccc31)C=CCC2. The molecule has 196 valence electrons. The van der Waals surface area contributed by atoms with Crippen LogP contribution in [0.3, 0.4) is 0 Å². The van der Waals surface area contributed by atoms with E-state index in [0.717, 1.165) is 25.9 Å². The third-order valence-electron chi connectivity index (χ3n) is 8.37. The van der Waals surface area contributed by atoms with Gasteiger partial charge in [0.1, 0.15) is 0 Å². The number of allylic oxidation sites excluding steroid dienone is 1. The molecule has 0 radical (unpaired) electrons. The monoisotopic (exact) mass is 518 g/mol. The third kappa shape index (κ3) is 4.21. The van der Waals surface area contributed by atoms with Gasteiger partial charge in [0.2, 0.25) is 0 Å². The Morgan fingerprint density at radius 1 is 0.575 bits per heavy atom. The molecule has 0 atom stereocenters. The molecule has 1 aliphatic rings. The Bertz CT molecular complexity index is 1960. The highest BCUT2D eigenvalue weighted by molar-refractivity contribution is 6.08. The largest absolute Gasteiger partial charge is 0.344 e. The summed E-state index contributed by atoms with van der Waals surface area (Å²) in [6.45, 7) is 6.45.